The number of nitrogens with one attached hydrogen (secondary N) is 2. The second-order valence-corrected chi connectivity index (χ2v) is 3.31. The highest BCUT2D eigenvalue weighted by molar-refractivity contribution is 5.72. The lowest BCUT2D eigenvalue weighted by Gasteiger charge is -2.08. The van der Waals surface area contributed by atoms with Crippen molar-refractivity contribution in [3.8, 4) is 6.07 Å². The summed E-state index contributed by atoms with van der Waals surface area (Å²) in [6.07, 6.45) is 3.35. The number of hydrogen-bond donors (Lipinski definition) is 3. The fourth-order valence-corrected chi connectivity index (χ4v) is 1.39. The van der Waals surface area contributed by atoms with Gasteiger partial charge in [0.1, 0.15) is 6.07 Å². The van der Waals surface area contributed by atoms with E-state index in [1.165, 1.54) is 0 Å². The van der Waals surface area contributed by atoms with Crippen LogP contribution < -0.4 is 11.1 Å². The van der Waals surface area contributed by atoms with Crippen LogP contribution in [-0.4, -0.2) is 9.97 Å². The number of hydrogen-bond acceptors (Lipinski definition) is 4. The Morgan fingerprint density at radius 1 is 1.50 bits per heavy atom. The summed E-state index contributed by atoms with van der Waals surface area (Å²) in [6.45, 7) is 0.596. The molecule has 80 valence electrons. The first-order valence-electron chi connectivity index (χ1n) is 4.81. The monoisotopic (exact) mass is 213 g/mol. The Morgan fingerprint density at radius 3 is 3.06 bits per heavy atom. The number of nitrogen functional groups attached to an aromatic ring is 1. The van der Waals surface area contributed by atoms with Crippen molar-refractivity contribution < 1.29 is 0 Å². The van der Waals surface area contributed by atoms with Crippen LogP contribution in [0.4, 0.5) is 11.4 Å². The lowest BCUT2D eigenvalue weighted by molar-refractivity contribution is 1.07. The largest absolute Gasteiger partial charge is 0.396 e. The van der Waals surface area contributed by atoms with Crippen LogP contribution in [0.5, 0.6) is 0 Å². The van der Waals surface area contributed by atoms with Gasteiger partial charge in [0.25, 0.3) is 0 Å². The number of nitriles is 1. The summed E-state index contributed by atoms with van der Waals surface area (Å²) in [6, 6.07) is 7.37. The number of imidazole rings is 1. The summed E-state index contributed by atoms with van der Waals surface area (Å²) >= 11 is 0. The second-order valence-electron chi connectivity index (χ2n) is 3.31. The van der Waals surface area contributed by atoms with Gasteiger partial charge in [-0.2, -0.15) is 5.26 Å². The Kier molecular flexibility index (Phi) is 2.74. The molecule has 5 heteroatoms. The third-order valence-electron chi connectivity index (χ3n) is 2.25. The van der Waals surface area contributed by atoms with E-state index in [9.17, 15) is 0 Å². The highest BCUT2D eigenvalue weighted by Crippen LogP contribution is 2.22. The van der Waals surface area contributed by atoms with Crippen LogP contribution in [0.3, 0.4) is 0 Å². The molecule has 0 radical (unpaired) electrons. The summed E-state index contributed by atoms with van der Waals surface area (Å²) in [7, 11) is 0. The minimum Gasteiger partial charge on any atom is -0.396 e. The molecule has 0 spiro atoms. The molecule has 0 aliphatic carbocycles. The fraction of sp³-hybridized carbons (Fsp3) is 0.0909. The van der Waals surface area contributed by atoms with Gasteiger partial charge in [0, 0.05) is 6.20 Å². The third-order valence-corrected chi connectivity index (χ3v) is 2.25. The molecule has 0 saturated carbocycles. The molecule has 5 nitrogen and oxygen atoms in total. The predicted molar refractivity (Wildman–Crippen MR) is 61.5 cm³/mol. The molecule has 4 N–H and O–H groups in total. The lowest BCUT2D eigenvalue weighted by atomic mass is 10.1. The molecule has 2 rings (SSSR count). The van der Waals surface area contributed by atoms with Gasteiger partial charge in [-0.05, 0) is 12.1 Å². The minimum atomic E-state index is 0.476. The SMILES string of the molecule is N#Cc1cccc(NCc2cnc[nH]2)c1N. The smallest absolute Gasteiger partial charge is 0.101 e. The number of para-hydroxylation sites is 1. The highest BCUT2D eigenvalue weighted by Gasteiger charge is 2.03. The molecule has 2 aromatic rings. The molecule has 0 aliphatic rings. The highest BCUT2D eigenvalue weighted by atomic mass is 14.9. The zero-order valence-corrected chi connectivity index (χ0v) is 8.57. The molecular weight excluding hydrogens is 202 g/mol. The van der Waals surface area contributed by atoms with E-state index in [2.05, 4.69) is 15.3 Å². The van der Waals surface area contributed by atoms with Gasteiger partial charge in [-0.3, -0.25) is 0 Å². The maximum absolute atomic E-state index is 8.82. The van der Waals surface area contributed by atoms with E-state index in [-0.39, 0.29) is 0 Å². The molecule has 0 saturated heterocycles. The number of nitrogens with zero attached hydrogens (tertiary/aromatic N) is 2. The molecule has 1 aromatic carbocycles. The average Bonchev–Trinajstić information content (AvgIpc) is 2.81. The number of benzene rings is 1. The van der Waals surface area contributed by atoms with Gasteiger partial charge in [-0.15, -0.1) is 0 Å². The van der Waals surface area contributed by atoms with Crippen LogP contribution >= 0.6 is 0 Å². The van der Waals surface area contributed by atoms with Gasteiger partial charge >= 0.3 is 0 Å². The third kappa shape index (κ3) is 1.96. The number of nitrogens with two attached hydrogens (primary N) is 1. The maximum atomic E-state index is 8.82. The first kappa shape index (κ1) is 10.1. The van der Waals surface area contributed by atoms with Crippen molar-refractivity contribution in [2.24, 2.45) is 0 Å². The van der Waals surface area contributed by atoms with Gasteiger partial charge in [0.15, 0.2) is 0 Å². The van der Waals surface area contributed by atoms with Gasteiger partial charge in [-0.1, -0.05) is 6.07 Å². The van der Waals surface area contributed by atoms with Crippen LogP contribution in [-0.2, 0) is 6.54 Å². The Bertz CT molecular complexity index is 510. The van der Waals surface area contributed by atoms with Crippen LogP contribution in [0.25, 0.3) is 0 Å². The van der Waals surface area contributed by atoms with Crippen LogP contribution in [0, 0.1) is 11.3 Å². The quantitative estimate of drug-likeness (QED) is 0.673. The molecule has 0 amide bonds. The van der Waals surface area contributed by atoms with E-state index in [1.54, 1.807) is 24.7 Å². The van der Waals surface area contributed by atoms with Crippen molar-refractivity contribution in [3.63, 3.8) is 0 Å². The molecule has 0 fully saturated rings. The molecule has 0 aliphatic heterocycles. The van der Waals surface area contributed by atoms with Crippen LogP contribution in [0.1, 0.15) is 11.3 Å². The number of anilines is 2. The van der Waals surface area contributed by atoms with E-state index in [0.717, 1.165) is 11.4 Å². The van der Waals surface area contributed by atoms with Gasteiger partial charge in [0.05, 0.1) is 35.5 Å². The molecule has 16 heavy (non-hydrogen) atoms. The van der Waals surface area contributed by atoms with Gasteiger partial charge < -0.3 is 16.0 Å². The first-order chi connectivity index (χ1) is 7.81. The summed E-state index contributed by atoms with van der Waals surface area (Å²) in [4.78, 5) is 6.89. The Balaban J connectivity index is 2.13. The van der Waals surface area contributed by atoms with Crippen LogP contribution in [0.2, 0.25) is 0 Å². The molecule has 0 unspecified atom stereocenters. The fourth-order valence-electron chi connectivity index (χ4n) is 1.39. The van der Waals surface area contributed by atoms with E-state index < -0.39 is 0 Å². The zero-order chi connectivity index (χ0) is 11.4. The molecule has 0 bridgehead atoms. The van der Waals surface area contributed by atoms with E-state index in [4.69, 9.17) is 11.0 Å². The number of aromatic nitrogens is 2. The topological polar surface area (TPSA) is 90.5 Å². The van der Waals surface area contributed by atoms with Crippen molar-refractivity contribution in [2.75, 3.05) is 11.1 Å². The first-order valence-corrected chi connectivity index (χ1v) is 4.81. The van der Waals surface area contributed by atoms with Crippen molar-refractivity contribution in [1.82, 2.24) is 9.97 Å². The molecule has 1 heterocycles. The zero-order valence-electron chi connectivity index (χ0n) is 8.57. The summed E-state index contributed by atoms with van der Waals surface area (Å²) < 4.78 is 0. The predicted octanol–water partition coefficient (Wildman–Crippen LogP) is 1.48. The minimum absolute atomic E-state index is 0.476. The van der Waals surface area contributed by atoms with E-state index >= 15 is 0 Å². The number of rotatable bonds is 3. The Hall–Kier alpha value is -2.48. The van der Waals surface area contributed by atoms with Gasteiger partial charge in [-0.25, -0.2) is 4.98 Å². The summed E-state index contributed by atoms with van der Waals surface area (Å²) in [5.41, 5.74) is 8.50. The van der Waals surface area contributed by atoms with Crippen molar-refractivity contribution in [1.29, 1.82) is 5.26 Å². The average molecular weight is 213 g/mol. The Morgan fingerprint density at radius 2 is 2.38 bits per heavy atom. The number of H-pyrrole nitrogens is 1. The maximum Gasteiger partial charge on any atom is 0.101 e. The second kappa shape index (κ2) is 4.36. The van der Waals surface area contributed by atoms with Crippen molar-refractivity contribution in [3.05, 3.63) is 42.0 Å². The lowest BCUT2D eigenvalue weighted by Crippen LogP contribution is -2.03. The van der Waals surface area contributed by atoms with Crippen molar-refractivity contribution in [2.45, 2.75) is 6.54 Å². The standard InChI is InChI=1S/C11H11N5/c12-4-8-2-1-3-10(11(8)13)15-6-9-5-14-7-16-9/h1-3,5,7,15H,6,13H2,(H,14,16). The van der Waals surface area contributed by atoms with E-state index in [1.807, 2.05) is 12.1 Å². The molecule has 1 aromatic heterocycles. The molecular formula is C11H11N5. The van der Waals surface area contributed by atoms with Crippen LogP contribution in [0.15, 0.2) is 30.7 Å². The normalized spacial score (nSPS) is 9.69. The Labute approximate surface area is 92.9 Å². The van der Waals surface area contributed by atoms with Gasteiger partial charge in [0.2, 0.25) is 0 Å². The van der Waals surface area contributed by atoms with E-state index in [0.29, 0.717) is 17.8 Å². The number of aromatic amines is 1. The van der Waals surface area contributed by atoms with Crippen molar-refractivity contribution >= 4 is 11.4 Å². The summed E-state index contributed by atoms with van der Waals surface area (Å²) in [5.74, 6) is 0. The molecule has 0 atom stereocenters. The summed E-state index contributed by atoms with van der Waals surface area (Å²) in [5, 5.41) is 12.0.